The van der Waals surface area contributed by atoms with Crippen molar-refractivity contribution in [3.05, 3.63) is 126 Å². The maximum absolute atomic E-state index is 6.13. The van der Waals surface area contributed by atoms with E-state index in [9.17, 15) is 0 Å². The van der Waals surface area contributed by atoms with Crippen molar-refractivity contribution < 1.29 is 24.5 Å². The molecule has 7 aromatic rings. The van der Waals surface area contributed by atoms with E-state index in [2.05, 4.69) is 104 Å². The molecule has 1 saturated carbocycles. The van der Waals surface area contributed by atoms with Crippen LogP contribution in [0.5, 0.6) is 0 Å². The van der Waals surface area contributed by atoms with Crippen molar-refractivity contribution in [3.8, 4) is 22.6 Å². The van der Waals surface area contributed by atoms with Gasteiger partial charge >= 0.3 is 0 Å². The molecule has 243 valence electrons. The predicted octanol–water partition coefficient (Wildman–Crippen LogP) is 11.5. The molecular formula is C43H39IrN3O-2. The summed E-state index contributed by atoms with van der Waals surface area (Å²) in [5.41, 5.74) is 11.1. The molecule has 1 fully saturated rings. The second-order valence-corrected chi connectivity index (χ2v) is 13.8. The second-order valence-electron chi connectivity index (χ2n) is 13.8. The third-order valence-electron chi connectivity index (χ3n) is 9.90. The molecule has 0 bridgehead atoms. The fraction of sp³-hybridized carbons (Fsp3) is 0.256. The minimum absolute atomic E-state index is 0. The van der Waals surface area contributed by atoms with Crippen LogP contribution in [0, 0.1) is 12.1 Å². The van der Waals surface area contributed by atoms with Gasteiger partial charge in [0.15, 0.2) is 0 Å². The van der Waals surface area contributed by atoms with Gasteiger partial charge in [0.05, 0.1) is 28.0 Å². The summed E-state index contributed by atoms with van der Waals surface area (Å²) in [5.74, 6) is 2.18. The van der Waals surface area contributed by atoms with E-state index in [-0.39, 0.29) is 25.6 Å². The minimum atomic E-state index is -0.101. The Morgan fingerprint density at radius 1 is 0.896 bits per heavy atom. The topological polar surface area (TPSA) is 43.9 Å². The maximum atomic E-state index is 6.13. The van der Waals surface area contributed by atoms with Crippen LogP contribution in [0.25, 0.3) is 61.7 Å². The van der Waals surface area contributed by atoms with E-state index in [1.807, 2.05) is 48.7 Å². The van der Waals surface area contributed by atoms with Crippen LogP contribution in [-0.4, -0.2) is 14.5 Å². The molecule has 0 N–H and O–H groups in total. The zero-order valence-corrected chi connectivity index (χ0v) is 30.3. The van der Waals surface area contributed by atoms with Crippen molar-refractivity contribution in [1.29, 1.82) is 0 Å². The van der Waals surface area contributed by atoms with E-state index in [4.69, 9.17) is 9.40 Å². The monoisotopic (exact) mass is 806 g/mol. The zero-order valence-electron chi connectivity index (χ0n) is 27.9. The van der Waals surface area contributed by atoms with Gasteiger partial charge in [0.1, 0.15) is 5.58 Å². The SMILES string of the molecule is CC(C)c1ccc2nc(-c3[c-]cccc3)n3c2c1C=CC3(C)C.[Ir].[c-]1ccc2c(oc3ccccc32)c1-c1cc(C2CCCC2)ccn1. The molecule has 0 atom stereocenters. The summed E-state index contributed by atoms with van der Waals surface area (Å²) < 4.78 is 8.50. The van der Waals surface area contributed by atoms with Crippen LogP contribution in [-0.2, 0) is 25.6 Å². The molecular weight excluding hydrogens is 767 g/mol. The van der Waals surface area contributed by atoms with Gasteiger partial charge in [-0.15, -0.1) is 54.1 Å². The molecule has 1 radical (unpaired) electrons. The summed E-state index contributed by atoms with van der Waals surface area (Å²) in [6, 6.07) is 35.8. The third kappa shape index (κ3) is 5.63. The van der Waals surface area contributed by atoms with Crippen LogP contribution in [0.2, 0.25) is 0 Å². The molecule has 0 spiro atoms. The van der Waals surface area contributed by atoms with Crippen molar-refractivity contribution in [1.82, 2.24) is 14.5 Å². The van der Waals surface area contributed by atoms with Crippen LogP contribution in [0.3, 0.4) is 0 Å². The van der Waals surface area contributed by atoms with Crippen molar-refractivity contribution in [2.45, 2.75) is 70.8 Å². The number of para-hydroxylation sites is 1. The van der Waals surface area contributed by atoms with Crippen molar-refractivity contribution >= 4 is 39.0 Å². The normalized spacial score (nSPS) is 15.2. The smallest absolute Gasteiger partial charge is 0.120 e. The minimum Gasteiger partial charge on any atom is -0.501 e. The fourth-order valence-corrected chi connectivity index (χ4v) is 7.50. The Kier molecular flexibility index (Phi) is 8.70. The van der Waals surface area contributed by atoms with E-state index in [1.165, 1.54) is 47.9 Å². The Hall–Kier alpha value is -4.31. The molecule has 0 amide bonds. The number of pyridine rings is 1. The predicted molar refractivity (Wildman–Crippen MR) is 193 cm³/mol. The molecule has 3 aromatic heterocycles. The van der Waals surface area contributed by atoms with E-state index in [1.54, 1.807) is 0 Å². The number of hydrogen-bond donors (Lipinski definition) is 0. The molecule has 2 aliphatic rings. The quantitative estimate of drug-likeness (QED) is 0.166. The van der Waals surface area contributed by atoms with Gasteiger partial charge in [0.25, 0.3) is 0 Å². The van der Waals surface area contributed by atoms with Crippen LogP contribution in [0.1, 0.15) is 81.9 Å². The first kappa shape index (κ1) is 32.2. The molecule has 48 heavy (non-hydrogen) atoms. The molecule has 4 nitrogen and oxygen atoms in total. The molecule has 9 rings (SSSR count). The Morgan fingerprint density at radius 2 is 1.71 bits per heavy atom. The molecule has 1 aliphatic carbocycles. The number of aromatic nitrogens is 3. The number of benzene rings is 4. The first-order chi connectivity index (χ1) is 22.9. The van der Waals surface area contributed by atoms with Gasteiger partial charge in [0, 0.05) is 37.3 Å². The van der Waals surface area contributed by atoms with Crippen molar-refractivity contribution in [2.24, 2.45) is 0 Å². The number of imidazole rings is 1. The average molecular weight is 806 g/mol. The zero-order chi connectivity index (χ0) is 32.1. The average Bonchev–Trinajstić information content (AvgIpc) is 3.86. The Labute approximate surface area is 296 Å². The standard InChI is InChI=1S/C22H18NO.C21H21N2.Ir/c1-2-7-15(6-1)16-12-13-23-20(14-16)19-10-5-9-18-17-8-3-4-11-21(17)24-22(18)19;1-14(2)16-10-11-18-19-17(16)12-13-21(3,4)23(19)20(22-18)15-8-6-5-7-9-15;/h3-5,8-9,11-15H,1-2,6-7H2;5-8,10-14H,1-4H3;/q2*-1;. The molecule has 1 aliphatic heterocycles. The van der Waals surface area contributed by atoms with Gasteiger partial charge in [-0.1, -0.05) is 85.7 Å². The number of fused-ring (bicyclic) bond motifs is 3. The molecule has 4 aromatic carbocycles. The van der Waals surface area contributed by atoms with Crippen molar-refractivity contribution in [3.63, 3.8) is 0 Å². The van der Waals surface area contributed by atoms with Crippen LogP contribution in [0.15, 0.2) is 102 Å². The number of allylic oxidation sites excluding steroid dienone is 1. The summed E-state index contributed by atoms with van der Waals surface area (Å²) in [4.78, 5) is 9.55. The largest absolute Gasteiger partial charge is 0.501 e. The summed E-state index contributed by atoms with van der Waals surface area (Å²) in [7, 11) is 0. The number of furan rings is 1. The van der Waals surface area contributed by atoms with Gasteiger partial charge in [-0.2, -0.15) is 0 Å². The van der Waals surface area contributed by atoms with Crippen LogP contribution < -0.4 is 0 Å². The van der Waals surface area contributed by atoms with Crippen molar-refractivity contribution in [2.75, 3.05) is 0 Å². The molecule has 5 heteroatoms. The Morgan fingerprint density at radius 3 is 2.50 bits per heavy atom. The Bertz CT molecular complexity index is 2270. The number of hydrogen-bond acceptors (Lipinski definition) is 3. The first-order valence-corrected chi connectivity index (χ1v) is 16.9. The van der Waals surface area contributed by atoms with E-state index >= 15 is 0 Å². The maximum Gasteiger partial charge on any atom is 0.120 e. The molecule has 4 heterocycles. The first-order valence-electron chi connectivity index (χ1n) is 16.9. The number of nitrogens with zero attached hydrogens (tertiary/aromatic N) is 3. The number of rotatable bonds is 4. The fourth-order valence-electron chi connectivity index (χ4n) is 7.50. The molecule has 0 unspecified atom stereocenters. The summed E-state index contributed by atoms with van der Waals surface area (Å²) in [6.45, 7) is 8.97. The summed E-state index contributed by atoms with van der Waals surface area (Å²) in [5, 5.41) is 2.28. The molecule has 0 saturated heterocycles. The van der Waals surface area contributed by atoms with E-state index in [0.717, 1.165) is 50.1 Å². The van der Waals surface area contributed by atoms with E-state index < -0.39 is 0 Å². The second kappa shape index (κ2) is 13.0. The van der Waals surface area contributed by atoms with Crippen LogP contribution in [0.4, 0.5) is 0 Å². The third-order valence-corrected chi connectivity index (χ3v) is 9.90. The van der Waals surface area contributed by atoms with Gasteiger partial charge in [0.2, 0.25) is 0 Å². The summed E-state index contributed by atoms with van der Waals surface area (Å²) >= 11 is 0. The van der Waals surface area contributed by atoms with Crippen LogP contribution >= 0.6 is 0 Å². The van der Waals surface area contributed by atoms with Gasteiger partial charge in [-0.25, -0.2) is 0 Å². The van der Waals surface area contributed by atoms with Gasteiger partial charge in [-0.05, 0) is 68.0 Å². The van der Waals surface area contributed by atoms with Gasteiger partial charge < -0.3 is 14.0 Å². The van der Waals surface area contributed by atoms with Gasteiger partial charge in [-0.3, -0.25) is 4.98 Å². The summed E-state index contributed by atoms with van der Waals surface area (Å²) in [6.07, 6.45) is 11.8. The Balaban J connectivity index is 0.000000149. The van der Waals surface area contributed by atoms with E-state index in [0.29, 0.717) is 11.8 Å².